The van der Waals surface area contributed by atoms with Crippen LogP contribution >= 0.6 is 0 Å². The van der Waals surface area contributed by atoms with Crippen LogP contribution in [0.25, 0.3) is 0 Å². The molecule has 1 heterocycles. The third kappa shape index (κ3) is 4.08. The summed E-state index contributed by atoms with van der Waals surface area (Å²) in [6.45, 7) is 6.17. The molecule has 5 heteroatoms. The van der Waals surface area contributed by atoms with Gasteiger partial charge in [-0.25, -0.2) is 0 Å². The predicted molar refractivity (Wildman–Crippen MR) is 63.2 cm³/mol. The number of nitrogens with two attached hydrogens (primary N) is 1. The molecule has 0 bridgehead atoms. The number of ether oxygens (including phenoxy) is 1. The standard InChI is InChI=1S/C11H23N3O2/c1-3-16-10(7-12)8-14-6-4-5-13(2)11(15)9-14/h10H,3-9,12H2,1-2H3. The fourth-order valence-corrected chi connectivity index (χ4v) is 1.92. The Hall–Kier alpha value is -0.650. The van der Waals surface area contributed by atoms with Gasteiger partial charge in [0, 0.05) is 39.8 Å². The smallest absolute Gasteiger partial charge is 0.236 e. The van der Waals surface area contributed by atoms with Crippen molar-refractivity contribution in [2.45, 2.75) is 19.4 Å². The van der Waals surface area contributed by atoms with Crippen molar-refractivity contribution >= 4 is 5.91 Å². The molecule has 1 rings (SSSR count). The summed E-state index contributed by atoms with van der Waals surface area (Å²) >= 11 is 0. The minimum atomic E-state index is 0.0428. The van der Waals surface area contributed by atoms with E-state index in [9.17, 15) is 4.79 Å². The molecule has 1 amide bonds. The summed E-state index contributed by atoms with van der Waals surface area (Å²) in [4.78, 5) is 15.6. The van der Waals surface area contributed by atoms with Crippen LogP contribution in [0.4, 0.5) is 0 Å². The van der Waals surface area contributed by atoms with Crippen LogP contribution in [0.5, 0.6) is 0 Å². The van der Waals surface area contributed by atoms with Gasteiger partial charge in [-0.3, -0.25) is 9.69 Å². The number of nitrogens with zero attached hydrogens (tertiary/aromatic N) is 2. The Morgan fingerprint density at radius 2 is 2.25 bits per heavy atom. The van der Waals surface area contributed by atoms with Crippen molar-refractivity contribution in [1.82, 2.24) is 9.80 Å². The summed E-state index contributed by atoms with van der Waals surface area (Å²) in [5.74, 6) is 0.185. The molecule has 0 aromatic carbocycles. The second-order valence-corrected chi connectivity index (χ2v) is 4.22. The third-order valence-electron chi connectivity index (χ3n) is 2.88. The van der Waals surface area contributed by atoms with Crippen LogP contribution in [0.2, 0.25) is 0 Å². The number of carbonyl (C=O) groups is 1. The van der Waals surface area contributed by atoms with E-state index in [0.717, 1.165) is 26.1 Å². The van der Waals surface area contributed by atoms with Crippen molar-refractivity contribution in [2.24, 2.45) is 5.73 Å². The molecular formula is C11H23N3O2. The summed E-state index contributed by atoms with van der Waals surface area (Å²) in [6.07, 6.45) is 1.06. The van der Waals surface area contributed by atoms with Crippen molar-refractivity contribution in [1.29, 1.82) is 0 Å². The first kappa shape index (κ1) is 13.4. The molecule has 16 heavy (non-hydrogen) atoms. The fourth-order valence-electron chi connectivity index (χ4n) is 1.92. The van der Waals surface area contributed by atoms with Gasteiger partial charge in [-0.1, -0.05) is 0 Å². The summed E-state index contributed by atoms with van der Waals surface area (Å²) in [5, 5.41) is 0. The van der Waals surface area contributed by atoms with Crippen molar-refractivity contribution in [2.75, 3.05) is 46.4 Å². The van der Waals surface area contributed by atoms with Crippen molar-refractivity contribution in [3.05, 3.63) is 0 Å². The molecule has 1 atom stereocenters. The number of likely N-dealkylation sites (N-methyl/N-ethyl adjacent to an activating group) is 1. The highest BCUT2D eigenvalue weighted by Crippen LogP contribution is 2.04. The summed E-state index contributed by atoms with van der Waals surface area (Å²) in [7, 11) is 1.86. The van der Waals surface area contributed by atoms with E-state index in [-0.39, 0.29) is 12.0 Å². The zero-order valence-corrected chi connectivity index (χ0v) is 10.3. The first-order chi connectivity index (χ1) is 7.67. The van der Waals surface area contributed by atoms with E-state index in [4.69, 9.17) is 10.5 Å². The Labute approximate surface area is 97.5 Å². The summed E-state index contributed by atoms with van der Waals surface area (Å²) < 4.78 is 5.51. The topological polar surface area (TPSA) is 58.8 Å². The van der Waals surface area contributed by atoms with Gasteiger partial charge in [-0.15, -0.1) is 0 Å². The molecule has 1 aliphatic heterocycles. The second kappa shape index (κ2) is 6.83. The molecule has 1 aliphatic rings. The molecule has 2 N–H and O–H groups in total. The van der Waals surface area contributed by atoms with Crippen LogP contribution < -0.4 is 5.73 Å². The van der Waals surface area contributed by atoms with Crippen LogP contribution in [-0.4, -0.2) is 68.2 Å². The fraction of sp³-hybridized carbons (Fsp3) is 0.909. The molecule has 1 fully saturated rings. The van der Waals surface area contributed by atoms with E-state index < -0.39 is 0 Å². The third-order valence-corrected chi connectivity index (χ3v) is 2.88. The lowest BCUT2D eigenvalue weighted by molar-refractivity contribution is -0.130. The zero-order chi connectivity index (χ0) is 12.0. The summed E-state index contributed by atoms with van der Waals surface area (Å²) in [5.41, 5.74) is 5.63. The maximum Gasteiger partial charge on any atom is 0.236 e. The zero-order valence-electron chi connectivity index (χ0n) is 10.3. The SMILES string of the molecule is CCOC(CN)CN1CCCN(C)C(=O)C1. The van der Waals surface area contributed by atoms with Gasteiger partial charge in [-0.2, -0.15) is 0 Å². The predicted octanol–water partition coefficient (Wildman–Crippen LogP) is -0.486. The lowest BCUT2D eigenvalue weighted by atomic mass is 10.3. The second-order valence-electron chi connectivity index (χ2n) is 4.22. The van der Waals surface area contributed by atoms with Crippen molar-refractivity contribution in [3.8, 4) is 0 Å². The average molecular weight is 229 g/mol. The number of hydrogen-bond acceptors (Lipinski definition) is 4. The normalized spacial score (nSPS) is 20.9. The monoisotopic (exact) mass is 229 g/mol. The number of rotatable bonds is 5. The van der Waals surface area contributed by atoms with E-state index >= 15 is 0 Å². The van der Waals surface area contributed by atoms with Crippen LogP contribution in [0.15, 0.2) is 0 Å². The molecule has 0 radical (unpaired) electrons. The first-order valence-electron chi connectivity index (χ1n) is 5.95. The quantitative estimate of drug-likeness (QED) is 0.691. The van der Waals surface area contributed by atoms with Gasteiger partial charge >= 0.3 is 0 Å². The lowest BCUT2D eigenvalue weighted by Gasteiger charge is -2.24. The first-order valence-corrected chi connectivity index (χ1v) is 5.95. The highest BCUT2D eigenvalue weighted by atomic mass is 16.5. The minimum absolute atomic E-state index is 0.0428. The molecule has 0 aromatic heterocycles. The molecule has 94 valence electrons. The van der Waals surface area contributed by atoms with Gasteiger partial charge in [0.1, 0.15) is 0 Å². The van der Waals surface area contributed by atoms with E-state index in [1.54, 1.807) is 4.90 Å². The van der Waals surface area contributed by atoms with Gasteiger partial charge < -0.3 is 15.4 Å². The van der Waals surface area contributed by atoms with E-state index in [1.165, 1.54) is 0 Å². The molecular weight excluding hydrogens is 206 g/mol. The number of hydrogen-bond donors (Lipinski definition) is 1. The van der Waals surface area contributed by atoms with E-state index in [2.05, 4.69) is 4.90 Å². The molecule has 0 spiro atoms. The molecule has 0 saturated carbocycles. The molecule has 1 saturated heterocycles. The van der Waals surface area contributed by atoms with Gasteiger partial charge in [0.15, 0.2) is 0 Å². The van der Waals surface area contributed by atoms with Crippen LogP contribution in [0.3, 0.4) is 0 Å². The van der Waals surface area contributed by atoms with Crippen molar-refractivity contribution < 1.29 is 9.53 Å². The molecule has 1 unspecified atom stereocenters. The van der Waals surface area contributed by atoms with E-state index in [1.807, 2.05) is 14.0 Å². The van der Waals surface area contributed by atoms with Crippen LogP contribution in [0.1, 0.15) is 13.3 Å². The Balaban J connectivity index is 2.43. The Morgan fingerprint density at radius 3 is 2.88 bits per heavy atom. The maximum absolute atomic E-state index is 11.7. The lowest BCUT2D eigenvalue weighted by Crippen LogP contribution is -2.41. The average Bonchev–Trinajstić information content (AvgIpc) is 2.41. The maximum atomic E-state index is 11.7. The van der Waals surface area contributed by atoms with E-state index in [0.29, 0.717) is 19.7 Å². The van der Waals surface area contributed by atoms with Gasteiger partial charge in [-0.05, 0) is 13.3 Å². The van der Waals surface area contributed by atoms with Gasteiger partial charge in [0.05, 0.1) is 12.6 Å². The van der Waals surface area contributed by atoms with Gasteiger partial charge in [0.25, 0.3) is 0 Å². The Morgan fingerprint density at radius 1 is 1.50 bits per heavy atom. The highest BCUT2D eigenvalue weighted by Gasteiger charge is 2.21. The summed E-state index contributed by atoms with van der Waals surface area (Å²) in [6, 6.07) is 0. The molecule has 5 nitrogen and oxygen atoms in total. The molecule has 0 aromatic rings. The Kier molecular flexibility index (Phi) is 5.73. The largest absolute Gasteiger partial charge is 0.376 e. The minimum Gasteiger partial charge on any atom is -0.376 e. The van der Waals surface area contributed by atoms with Crippen LogP contribution in [0, 0.1) is 0 Å². The highest BCUT2D eigenvalue weighted by molar-refractivity contribution is 5.78. The Bertz CT molecular complexity index is 223. The van der Waals surface area contributed by atoms with Crippen molar-refractivity contribution in [3.63, 3.8) is 0 Å². The van der Waals surface area contributed by atoms with Crippen LogP contribution in [-0.2, 0) is 9.53 Å². The number of carbonyl (C=O) groups excluding carboxylic acids is 1. The van der Waals surface area contributed by atoms with Gasteiger partial charge in [0.2, 0.25) is 5.91 Å². The molecule has 0 aliphatic carbocycles. The number of amides is 1.